The summed E-state index contributed by atoms with van der Waals surface area (Å²) in [6, 6.07) is 14.7. The summed E-state index contributed by atoms with van der Waals surface area (Å²) >= 11 is 0. The number of fused-ring (bicyclic) bond motifs is 2. The molecule has 2 atom stereocenters. The molecule has 32 heavy (non-hydrogen) atoms. The summed E-state index contributed by atoms with van der Waals surface area (Å²) in [5.41, 5.74) is 4.79. The Morgan fingerprint density at radius 1 is 1.09 bits per heavy atom. The molecular weight excluding hydrogens is 398 g/mol. The molecule has 0 radical (unpaired) electrons. The minimum absolute atomic E-state index is 0.136. The average Bonchev–Trinajstić information content (AvgIpc) is 3.26. The number of rotatable bonds is 4. The third kappa shape index (κ3) is 3.83. The SMILES string of the molecule is COc1cc2occ(-c3ccccc3)c2cc1/C(C)=C/C(=O)N1CCCC2CCCCC21. The lowest BCUT2D eigenvalue weighted by molar-refractivity contribution is -0.132. The van der Waals surface area contributed by atoms with E-state index >= 15 is 0 Å². The van der Waals surface area contributed by atoms with Crippen LogP contribution in [0.2, 0.25) is 0 Å². The first kappa shape index (κ1) is 20.9. The van der Waals surface area contributed by atoms with Gasteiger partial charge in [0.05, 0.1) is 13.4 Å². The van der Waals surface area contributed by atoms with Gasteiger partial charge in [-0.1, -0.05) is 43.2 Å². The number of nitrogens with zero attached hydrogens (tertiary/aromatic N) is 1. The number of benzene rings is 2. The van der Waals surface area contributed by atoms with Crippen molar-refractivity contribution in [1.82, 2.24) is 4.90 Å². The molecule has 0 spiro atoms. The third-order valence-electron chi connectivity index (χ3n) is 7.27. The normalized spacial score (nSPS) is 21.4. The van der Waals surface area contributed by atoms with Gasteiger partial charge in [0.25, 0.3) is 0 Å². The van der Waals surface area contributed by atoms with Crippen LogP contribution in [-0.4, -0.2) is 30.5 Å². The van der Waals surface area contributed by atoms with E-state index in [1.807, 2.05) is 37.3 Å². The number of amides is 1. The summed E-state index contributed by atoms with van der Waals surface area (Å²) in [4.78, 5) is 15.5. The highest BCUT2D eigenvalue weighted by molar-refractivity contribution is 6.00. The highest BCUT2D eigenvalue weighted by Gasteiger charge is 2.35. The number of carbonyl (C=O) groups is 1. The van der Waals surface area contributed by atoms with E-state index in [2.05, 4.69) is 23.1 Å². The van der Waals surface area contributed by atoms with Gasteiger partial charge in [-0.05, 0) is 55.7 Å². The Labute approximate surface area is 189 Å². The number of likely N-dealkylation sites (tertiary alicyclic amines) is 1. The number of hydrogen-bond acceptors (Lipinski definition) is 3. The van der Waals surface area contributed by atoms with Gasteiger partial charge in [-0.2, -0.15) is 0 Å². The molecule has 2 fully saturated rings. The summed E-state index contributed by atoms with van der Waals surface area (Å²) in [7, 11) is 1.66. The van der Waals surface area contributed by atoms with Gasteiger partial charge in [0.2, 0.25) is 5.91 Å². The molecule has 3 aromatic rings. The maximum atomic E-state index is 13.3. The lowest BCUT2D eigenvalue weighted by Gasteiger charge is -2.43. The first-order valence-corrected chi connectivity index (χ1v) is 11.8. The summed E-state index contributed by atoms with van der Waals surface area (Å²) in [5, 5.41) is 1.03. The number of methoxy groups -OCH3 is 1. The van der Waals surface area contributed by atoms with Crippen molar-refractivity contribution in [3.63, 3.8) is 0 Å². The molecule has 5 rings (SSSR count). The van der Waals surface area contributed by atoms with Gasteiger partial charge in [-0.3, -0.25) is 4.79 Å². The van der Waals surface area contributed by atoms with E-state index in [0.29, 0.717) is 12.0 Å². The molecule has 0 bridgehead atoms. The zero-order valence-corrected chi connectivity index (χ0v) is 19.0. The van der Waals surface area contributed by atoms with Gasteiger partial charge in [-0.25, -0.2) is 0 Å². The fourth-order valence-electron chi connectivity index (χ4n) is 5.62. The van der Waals surface area contributed by atoms with Crippen LogP contribution in [0.5, 0.6) is 5.75 Å². The van der Waals surface area contributed by atoms with Gasteiger partial charge >= 0.3 is 0 Å². The third-order valence-corrected chi connectivity index (χ3v) is 7.27. The largest absolute Gasteiger partial charge is 0.496 e. The van der Waals surface area contributed by atoms with E-state index in [9.17, 15) is 4.79 Å². The highest BCUT2D eigenvalue weighted by atomic mass is 16.5. The summed E-state index contributed by atoms with van der Waals surface area (Å²) < 4.78 is 11.5. The van der Waals surface area contributed by atoms with E-state index in [-0.39, 0.29) is 5.91 Å². The Hall–Kier alpha value is -3.01. The van der Waals surface area contributed by atoms with Gasteiger partial charge in [0.15, 0.2) is 0 Å². The van der Waals surface area contributed by atoms with Gasteiger partial charge < -0.3 is 14.1 Å². The summed E-state index contributed by atoms with van der Waals surface area (Å²) in [5.74, 6) is 1.54. The average molecular weight is 430 g/mol. The Morgan fingerprint density at radius 3 is 2.69 bits per heavy atom. The van der Waals surface area contributed by atoms with Crippen LogP contribution in [0.25, 0.3) is 27.7 Å². The topological polar surface area (TPSA) is 42.7 Å². The summed E-state index contributed by atoms with van der Waals surface area (Å²) in [6.45, 7) is 2.88. The molecule has 2 aliphatic rings. The molecule has 4 nitrogen and oxygen atoms in total. The van der Waals surface area contributed by atoms with Crippen molar-refractivity contribution in [3.8, 4) is 16.9 Å². The van der Waals surface area contributed by atoms with E-state index in [1.165, 1.54) is 25.7 Å². The van der Waals surface area contributed by atoms with Gasteiger partial charge in [-0.15, -0.1) is 0 Å². The predicted molar refractivity (Wildman–Crippen MR) is 129 cm³/mol. The van der Waals surface area contributed by atoms with Crippen LogP contribution in [0.1, 0.15) is 51.0 Å². The van der Waals surface area contributed by atoms with Crippen molar-refractivity contribution in [1.29, 1.82) is 0 Å². The van der Waals surface area contributed by atoms with Crippen molar-refractivity contribution >= 4 is 22.4 Å². The molecule has 166 valence electrons. The van der Waals surface area contributed by atoms with Crippen LogP contribution in [0, 0.1) is 5.92 Å². The predicted octanol–water partition coefficient (Wildman–Crippen LogP) is 6.69. The molecule has 1 aliphatic carbocycles. The Bertz CT molecular complexity index is 1140. The van der Waals surface area contributed by atoms with Gasteiger partial charge in [0, 0.05) is 41.2 Å². The second-order valence-electron chi connectivity index (χ2n) is 9.18. The second-order valence-corrected chi connectivity index (χ2v) is 9.18. The number of allylic oxidation sites excluding steroid dienone is 1. The fourth-order valence-corrected chi connectivity index (χ4v) is 5.62. The van der Waals surface area contributed by atoms with Crippen LogP contribution >= 0.6 is 0 Å². The smallest absolute Gasteiger partial charge is 0.247 e. The minimum Gasteiger partial charge on any atom is -0.496 e. The van der Waals surface area contributed by atoms with E-state index in [4.69, 9.17) is 9.15 Å². The minimum atomic E-state index is 0.136. The molecule has 4 heteroatoms. The molecule has 1 aromatic heterocycles. The van der Waals surface area contributed by atoms with Crippen molar-refractivity contribution in [2.75, 3.05) is 13.7 Å². The number of piperidine rings is 1. The number of hydrogen-bond donors (Lipinski definition) is 0. The second kappa shape index (κ2) is 8.85. The highest BCUT2D eigenvalue weighted by Crippen LogP contribution is 2.38. The molecule has 2 heterocycles. The van der Waals surface area contributed by atoms with Crippen LogP contribution < -0.4 is 4.74 Å². The lowest BCUT2D eigenvalue weighted by Crippen LogP contribution is -2.49. The zero-order chi connectivity index (χ0) is 22.1. The molecular formula is C28H31NO3. The Balaban J connectivity index is 1.50. The molecule has 1 amide bonds. The van der Waals surface area contributed by atoms with Gasteiger partial charge in [0.1, 0.15) is 11.3 Å². The Kier molecular flexibility index (Phi) is 5.77. The molecule has 1 saturated heterocycles. The van der Waals surface area contributed by atoms with E-state index in [0.717, 1.165) is 58.4 Å². The number of carbonyl (C=O) groups excluding carboxylic acids is 1. The first-order chi connectivity index (χ1) is 15.7. The molecule has 0 N–H and O–H groups in total. The maximum Gasteiger partial charge on any atom is 0.247 e. The number of furan rings is 1. The first-order valence-electron chi connectivity index (χ1n) is 11.8. The zero-order valence-electron chi connectivity index (χ0n) is 19.0. The summed E-state index contributed by atoms with van der Waals surface area (Å²) in [6.07, 6.45) is 10.9. The monoisotopic (exact) mass is 429 g/mol. The van der Waals surface area contributed by atoms with Crippen molar-refractivity contribution in [2.24, 2.45) is 5.92 Å². The van der Waals surface area contributed by atoms with Crippen molar-refractivity contribution < 1.29 is 13.9 Å². The molecule has 2 unspecified atom stereocenters. The van der Waals surface area contributed by atoms with Crippen LogP contribution in [0.4, 0.5) is 0 Å². The van der Waals surface area contributed by atoms with Crippen molar-refractivity contribution in [2.45, 2.75) is 51.5 Å². The van der Waals surface area contributed by atoms with Crippen LogP contribution in [0.15, 0.2) is 59.2 Å². The van der Waals surface area contributed by atoms with Crippen molar-refractivity contribution in [3.05, 3.63) is 60.4 Å². The molecule has 2 aromatic carbocycles. The molecule has 1 aliphatic heterocycles. The maximum absolute atomic E-state index is 13.3. The lowest BCUT2D eigenvalue weighted by atomic mass is 9.78. The number of ether oxygens (including phenoxy) is 1. The quantitative estimate of drug-likeness (QED) is 0.434. The van der Waals surface area contributed by atoms with Crippen LogP contribution in [-0.2, 0) is 4.79 Å². The van der Waals surface area contributed by atoms with E-state index < -0.39 is 0 Å². The standard InChI is InChI=1S/C28H31NO3/c1-19(15-28(30)29-14-8-12-21-11-6-7-13-25(21)29)22-16-23-24(20-9-4-3-5-10-20)18-32-27(23)17-26(22)31-2/h3-5,9-10,15-18,21,25H,6-8,11-14H2,1-2H3/b19-15+. The Morgan fingerprint density at radius 2 is 1.88 bits per heavy atom. The van der Waals surface area contributed by atoms with E-state index in [1.54, 1.807) is 13.4 Å². The fraction of sp³-hybridized carbons (Fsp3) is 0.393. The van der Waals surface area contributed by atoms with Crippen LogP contribution in [0.3, 0.4) is 0 Å². The molecule has 1 saturated carbocycles.